The van der Waals surface area contributed by atoms with Gasteiger partial charge in [-0.15, -0.1) is 0 Å². The second-order valence-corrected chi connectivity index (χ2v) is 8.71. The number of H-pyrrole nitrogens is 1. The third-order valence-electron chi connectivity index (χ3n) is 4.91. The lowest BCUT2D eigenvalue weighted by Gasteiger charge is -2.11. The first-order valence-electron chi connectivity index (χ1n) is 10.0. The number of benzene rings is 3. The molecule has 168 valence electrons. The van der Waals surface area contributed by atoms with Gasteiger partial charge in [0, 0.05) is 21.3 Å². The van der Waals surface area contributed by atoms with Crippen LogP contribution in [0.15, 0.2) is 54.6 Å². The van der Waals surface area contributed by atoms with Crippen molar-refractivity contribution in [1.29, 1.82) is 0 Å². The molecule has 9 heteroatoms. The van der Waals surface area contributed by atoms with Crippen LogP contribution >= 0.6 is 35.4 Å². The van der Waals surface area contributed by atoms with Crippen LogP contribution in [0.25, 0.3) is 22.4 Å². The summed E-state index contributed by atoms with van der Waals surface area (Å²) < 4.78 is 5.50. The van der Waals surface area contributed by atoms with Gasteiger partial charge in [-0.3, -0.25) is 10.1 Å². The van der Waals surface area contributed by atoms with E-state index in [0.717, 1.165) is 27.7 Å². The maximum absolute atomic E-state index is 12.2. The van der Waals surface area contributed by atoms with Gasteiger partial charge in [0.25, 0.3) is 5.91 Å². The highest BCUT2D eigenvalue weighted by Crippen LogP contribution is 2.27. The zero-order valence-electron chi connectivity index (χ0n) is 17.8. The van der Waals surface area contributed by atoms with E-state index in [1.807, 2.05) is 50.2 Å². The summed E-state index contributed by atoms with van der Waals surface area (Å²) in [6, 6.07) is 16.5. The molecule has 33 heavy (non-hydrogen) atoms. The van der Waals surface area contributed by atoms with E-state index in [2.05, 4.69) is 20.6 Å². The van der Waals surface area contributed by atoms with Crippen molar-refractivity contribution in [3.63, 3.8) is 0 Å². The number of aromatic nitrogens is 2. The van der Waals surface area contributed by atoms with Crippen molar-refractivity contribution in [2.45, 2.75) is 13.8 Å². The average molecular weight is 499 g/mol. The van der Waals surface area contributed by atoms with E-state index in [0.29, 0.717) is 27.3 Å². The van der Waals surface area contributed by atoms with Crippen LogP contribution in [0.2, 0.25) is 10.0 Å². The van der Waals surface area contributed by atoms with E-state index in [-0.39, 0.29) is 17.6 Å². The van der Waals surface area contributed by atoms with Crippen LogP contribution in [-0.4, -0.2) is 27.6 Å². The maximum Gasteiger partial charge on any atom is 0.264 e. The summed E-state index contributed by atoms with van der Waals surface area (Å²) in [4.78, 5) is 20.1. The van der Waals surface area contributed by atoms with Gasteiger partial charge in [0.15, 0.2) is 11.7 Å². The number of halogens is 2. The summed E-state index contributed by atoms with van der Waals surface area (Å²) in [6.45, 7) is 3.64. The maximum atomic E-state index is 12.2. The topological polar surface area (TPSA) is 79.0 Å². The number of hydrogen-bond donors (Lipinski definition) is 3. The summed E-state index contributed by atoms with van der Waals surface area (Å²) in [7, 11) is 0. The molecule has 0 aliphatic rings. The lowest BCUT2D eigenvalue weighted by Crippen LogP contribution is -2.37. The molecular formula is C24H20Cl2N4O2S. The zero-order chi connectivity index (χ0) is 23.5. The molecule has 0 aliphatic carbocycles. The number of aromatic amines is 1. The van der Waals surface area contributed by atoms with E-state index < -0.39 is 0 Å². The SMILES string of the molecule is Cc1cc(OCC(=O)NC(=S)Nc2cccc(-c3nc4cc(Cl)c(C)cc4[nH]3)c2)ccc1Cl. The number of carbonyl (C=O) groups is 1. The summed E-state index contributed by atoms with van der Waals surface area (Å²) in [5.74, 6) is 0.888. The molecule has 1 amide bonds. The van der Waals surface area contributed by atoms with Crippen molar-refractivity contribution in [3.8, 4) is 17.1 Å². The van der Waals surface area contributed by atoms with Crippen LogP contribution < -0.4 is 15.4 Å². The summed E-state index contributed by atoms with van der Waals surface area (Å²) in [5.41, 5.74) is 5.11. The summed E-state index contributed by atoms with van der Waals surface area (Å²) in [6.07, 6.45) is 0. The first-order chi connectivity index (χ1) is 15.8. The largest absolute Gasteiger partial charge is 0.484 e. The third-order valence-corrected chi connectivity index (χ3v) is 5.94. The van der Waals surface area contributed by atoms with Crippen molar-refractivity contribution in [3.05, 3.63) is 75.8 Å². The highest BCUT2D eigenvalue weighted by molar-refractivity contribution is 7.80. The molecule has 4 aromatic rings. The van der Waals surface area contributed by atoms with Gasteiger partial charge in [-0.05, 0) is 79.7 Å². The lowest BCUT2D eigenvalue weighted by atomic mass is 10.2. The quantitative estimate of drug-likeness (QED) is 0.292. The lowest BCUT2D eigenvalue weighted by molar-refractivity contribution is -0.121. The Bertz CT molecular complexity index is 1330. The molecule has 0 spiro atoms. The van der Waals surface area contributed by atoms with Crippen LogP contribution in [0, 0.1) is 13.8 Å². The Hall–Kier alpha value is -3.13. The van der Waals surface area contributed by atoms with Crippen LogP contribution in [0.3, 0.4) is 0 Å². The Labute approximate surface area is 206 Å². The predicted octanol–water partition coefficient (Wildman–Crippen LogP) is 6.05. The smallest absolute Gasteiger partial charge is 0.264 e. The number of fused-ring (bicyclic) bond motifs is 1. The van der Waals surface area contributed by atoms with Gasteiger partial charge >= 0.3 is 0 Å². The number of carbonyl (C=O) groups excluding carboxylic acids is 1. The summed E-state index contributed by atoms with van der Waals surface area (Å²) >= 11 is 17.5. The van der Waals surface area contributed by atoms with Crippen molar-refractivity contribution in [2.24, 2.45) is 0 Å². The van der Waals surface area contributed by atoms with Gasteiger partial charge in [0.2, 0.25) is 0 Å². The Morgan fingerprint density at radius 1 is 1.06 bits per heavy atom. The molecule has 0 saturated carbocycles. The normalized spacial score (nSPS) is 10.8. The predicted molar refractivity (Wildman–Crippen MR) is 137 cm³/mol. The van der Waals surface area contributed by atoms with E-state index >= 15 is 0 Å². The van der Waals surface area contributed by atoms with Gasteiger partial charge in [0.1, 0.15) is 11.6 Å². The minimum absolute atomic E-state index is 0.167. The minimum Gasteiger partial charge on any atom is -0.484 e. The molecule has 3 N–H and O–H groups in total. The monoisotopic (exact) mass is 498 g/mol. The second-order valence-electron chi connectivity index (χ2n) is 7.49. The molecule has 0 saturated heterocycles. The fraction of sp³-hybridized carbons (Fsp3) is 0.125. The highest BCUT2D eigenvalue weighted by Gasteiger charge is 2.10. The number of aryl methyl sites for hydroxylation is 2. The fourth-order valence-electron chi connectivity index (χ4n) is 3.20. The number of hydrogen-bond acceptors (Lipinski definition) is 4. The molecule has 0 atom stereocenters. The molecule has 0 radical (unpaired) electrons. The number of ether oxygens (including phenoxy) is 1. The van der Waals surface area contributed by atoms with E-state index in [1.165, 1.54) is 0 Å². The molecule has 4 rings (SSSR count). The number of rotatable bonds is 5. The molecule has 1 aromatic heterocycles. The van der Waals surface area contributed by atoms with Gasteiger partial charge in [0.05, 0.1) is 11.0 Å². The van der Waals surface area contributed by atoms with Gasteiger partial charge in [-0.2, -0.15) is 0 Å². The Kier molecular flexibility index (Phi) is 6.83. The fourth-order valence-corrected chi connectivity index (χ4v) is 3.71. The minimum atomic E-state index is -0.374. The van der Waals surface area contributed by atoms with Crippen molar-refractivity contribution < 1.29 is 9.53 Å². The Balaban J connectivity index is 1.38. The van der Waals surface area contributed by atoms with Gasteiger partial charge in [-0.1, -0.05) is 35.3 Å². The Morgan fingerprint density at radius 2 is 1.85 bits per heavy atom. The molecule has 0 fully saturated rings. The van der Waals surface area contributed by atoms with E-state index in [9.17, 15) is 4.79 Å². The van der Waals surface area contributed by atoms with Gasteiger partial charge < -0.3 is 15.0 Å². The first kappa shape index (κ1) is 23.0. The second kappa shape index (κ2) is 9.79. The standard InChI is InChI=1S/C24H20Cl2N4O2S/c1-13-8-17(6-7-18(13)25)32-12-22(31)30-24(33)27-16-5-3-4-15(10-16)23-28-20-9-14(2)19(26)11-21(20)29-23/h3-11H,12H2,1-2H3,(H,28,29)(H2,27,30,31,33). The Morgan fingerprint density at radius 3 is 2.64 bits per heavy atom. The molecule has 1 heterocycles. The number of anilines is 1. The molecule has 3 aromatic carbocycles. The van der Waals surface area contributed by atoms with Crippen LogP contribution in [0.1, 0.15) is 11.1 Å². The number of amides is 1. The molecule has 0 aliphatic heterocycles. The van der Waals surface area contributed by atoms with Crippen LogP contribution in [0.5, 0.6) is 5.75 Å². The molecule has 0 unspecified atom stereocenters. The van der Waals surface area contributed by atoms with Crippen molar-refractivity contribution in [2.75, 3.05) is 11.9 Å². The highest BCUT2D eigenvalue weighted by atomic mass is 35.5. The number of thiocarbonyl (C=S) groups is 1. The third kappa shape index (κ3) is 5.63. The zero-order valence-corrected chi connectivity index (χ0v) is 20.2. The van der Waals surface area contributed by atoms with Crippen LogP contribution in [0.4, 0.5) is 5.69 Å². The summed E-state index contributed by atoms with van der Waals surface area (Å²) in [5, 5.41) is 7.10. The molecule has 6 nitrogen and oxygen atoms in total. The van der Waals surface area contributed by atoms with E-state index in [4.69, 9.17) is 40.2 Å². The van der Waals surface area contributed by atoms with Crippen molar-refractivity contribution >= 4 is 63.2 Å². The van der Waals surface area contributed by atoms with Crippen LogP contribution in [-0.2, 0) is 4.79 Å². The van der Waals surface area contributed by atoms with E-state index in [1.54, 1.807) is 18.2 Å². The van der Waals surface area contributed by atoms with Crippen molar-refractivity contribution in [1.82, 2.24) is 15.3 Å². The number of nitrogens with zero attached hydrogens (tertiary/aromatic N) is 1. The molecule has 0 bridgehead atoms. The number of nitrogens with one attached hydrogen (secondary N) is 3. The number of imidazole rings is 1. The van der Waals surface area contributed by atoms with Gasteiger partial charge in [-0.25, -0.2) is 4.98 Å². The average Bonchev–Trinajstić information content (AvgIpc) is 3.17. The molecular weight excluding hydrogens is 479 g/mol. The first-order valence-corrected chi connectivity index (χ1v) is 11.2.